The molecule has 0 aromatic heterocycles. The molecule has 0 heterocycles. The summed E-state index contributed by atoms with van der Waals surface area (Å²) in [4.78, 5) is 22.3. The van der Waals surface area contributed by atoms with Crippen molar-refractivity contribution < 1.29 is 14.3 Å². The minimum atomic E-state index is -0.523. The number of nitrogens with one attached hydrogen (secondary N) is 2. The lowest BCUT2D eigenvalue weighted by Crippen LogP contribution is -2.30. The van der Waals surface area contributed by atoms with Crippen LogP contribution in [0.4, 0.5) is 4.79 Å². The fourth-order valence-corrected chi connectivity index (χ4v) is 2.91. The fraction of sp³-hybridized carbons (Fsp3) is 0.750. The van der Waals surface area contributed by atoms with Crippen LogP contribution >= 0.6 is 0 Å². The van der Waals surface area contributed by atoms with Gasteiger partial charge in [0, 0.05) is 13.6 Å². The number of rotatable bonds is 19. The van der Waals surface area contributed by atoms with E-state index in [1.807, 2.05) is 0 Å². The quantitative estimate of drug-likeness (QED) is 0.202. The zero-order chi connectivity index (χ0) is 21.4. The summed E-state index contributed by atoms with van der Waals surface area (Å²) in [6.07, 6.45) is 25.9. The number of allylic oxidation sites excluding steroid dienone is 4. The summed E-state index contributed by atoms with van der Waals surface area (Å²) < 4.78 is 4.76. The van der Waals surface area contributed by atoms with Gasteiger partial charge < -0.3 is 15.4 Å². The number of carbonyl (C=O) groups excluding carboxylic acids is 2. The monoisotopic (exact) mass is 408 g/mol. The lowest BCUT2D eigenvalue weighted by Gasteiger charge is -2.06. The zero-order valence-electron chi connectivity index (χ0n) is 18.8. The smallest absolute Gasteiger partial charge is 0.407 e. The molecule has 0 spiro atoms. The molecule has 0 fully saturated rings. The van der Waals surface area contributed by atoms with Gasteiger partial charge in [0.1, 0.15) is 0 Å². The van der Waals surface area contributed by atoms with Gasteiger partial charge in [0.25, 0.3) is 5.91 Å². The molecule has 5 heteroatoms. The van der Waals surface area contributed by atoms with Gasteiger partial charge in [-0.25, -0.2) is 4.79 Å². The fourth-order valence-electron chi connectivity index (χ4n) is 2.91. The minimum absolute atomic E-state index is 0.228. The van der Waals surface area contributed by atoms with Gasteiger partial charge >= 0.3 is 6.09 Å². The Balaban J connectivity index is 3.24. The Hall–Kier alpha value is -1.78. The van der Waals surface area contributed by atoms with Gasteiger partial charge in [0.2, 0.25) is 0 Å². The van der Waals surface area contributed by atoms with E-state index in [1.165, 1.54) is 77.7 Å². The second kappa shape index (κ2) is 22.5. The van der Waals surface area contributed by atoms with E-state index in [2.05, 4.69) is 41.9 Å². The second-order valence-corrected chi connectivity index (χ2v) is 7.47. The maximum atomic E-state index is 11.3. The van der Waals surface area contributed by atoms with Gasteiger partial charge in [-0.15, -0.1) is 0 Å². The van der Waals surface area contributed by atoms with Gasteiger partial charge in [-0.2, -0.15) is 0 Å². The molecule has 0 saturated heterocycles. The van der Waals surface area contributed by atoms with E-state index >= 15 is 0 Å². The van der Waals surface area contributed by atoms with Crippen LogP contribution in [0.1, 0.15) is 96.8 Å². The first kappa shape index (κ1) is 27.2. The zero-order valence-corrected chi connectivity index (χ0v) is 18.8. The van der Waals surface area contributed by atoms with E-state index in [0.717, 1.165) is 19.3 Å². The number of unbranched alkanes of at least 4 members (excludes halogenated alkanes) is 11. The molecule has 0 atom stereocenters. The van der Waals surface area contributed by atoms with Gasteiger partial charge in [0.05, 0.1) is 0 Å². The molecule has 0 aromatic carbocycles. The molecule has 0 aromatic rings. The summed E-state index contributed by atoms with van der Waals surface area (Å²) in [5.41, 5.74) is 0. The van der Waals surface area contributed by atoms with Gasteiger partial charge in [-0.05, 0) is 38.5 Å². The predicted molar refractivity (Wildman–Crippen MR) is 122 cm³/mol. The number of hydrogen-bond acceptors (Lipinski definition) is 3. The van der Waals surface area contributed by atoms with E-state index in [4.69, 9.17) is 4.74 Å². The standard InChI is InChI=1S/C24H44N2O3/c1-3-4-5-6-7-8-9-10-11-12-13-14-15-16-17-18-19-20-21-26-24(28)29-22-23(27)25-2/h7-8,10-11H,3-6,9,12-22H2,1-2H3,(H,25,27)(H,26,28)/b8-7+,11-10+. The summed E-state index contributed by atoms with van der Waals surface area (Å²) in [5, 5.41) is 5.06. The molecule has 0 bridgehead atoms. The van der Waals surface area contributed by atoms with E-state index in [1.54, 1.807) is 0 Å². The number of carbonyl (C=O) groups is 2. The van der Waals surface area contributed by atoms with Crippen LogP contribution in [-0.2, 0) is 9.53 Å². The van der Waals surface area contributed by atoms with Crippen molar-refractivity contribution in [3.05, 3.63) is 24.3 Å². The highest BCUT2D eigenvalue weighted by Gasteiger charge is 2.04. The van der Waals surface area contributed by atoms with Crippen molar-refractivity contribution in [3.63, 3.8) is 0 Å². The van der Waals surface area contributed by atoms with E-state index in [0.29, 0.717) is 6.54 Å². The molecule has 2 N–H and O–H groups in total. The average Bonchev–Trinajstić information content (AvgIpc) is 2.73. The Kier molecular flexibility index (Phi) is 21.1. The lowest BCUT2D eigenvalue weighted by atomic mass is 10.1. The summed E-state index contributed by atoms with van der Waals surface area (Å²) in [5.74, 6) is -0.304. The molecule has 0 aliphatic rings. The van der Waals surface area contributed by atoms with Crippen molar-refractivity contribution in [2.45, 2.75) is 96.8 Å². The van der Waals surface area contributed by atoms with Crippen molar-refractivity contribution in [2.75, 3.05) is 20.2 Å². The highest BCUT2D eigenvalue weighted by atomic mass is 16.6. The summed E-state index contributed by atoms with van der Waals surface area (Å²) in [7, 11) is 1.51. The Morgan fingerprint density at radius 1 is 0.759 bits per heavy atom. The van der Waals surface area contributed by atoms with Crippen LogP contribution in [0.15, 0.2) is 24.3 Å². The molecule has 0 aliphatic heterocycles. The van der Waals surface area contributed by atoms with E-state index in [-0.39, 0.29) is 12.5 Å². The number of ether oxygens (including phenoxy) is 1. The van der Waals surface area contributed by atoms with Crippen LogP contribution in [0.5, 0.6) is 0 Å². The summed E-state index contributed by atoms with van der Waals surface area (Å²) >= 11 is 0. The summed E-state index contributed by atoms with van der Waals surface area (Å²) in [6.45, 7) is 2.62. The molecule has 0 aliphatic carbocycles. The predicted octanol–water partition coefficient (Wildman–Crippen LogP) is 6.05. The molecule has 2 amide bonds. The number of amides is 2. The molecule has 5 nitrogen and oxygen atoms in total. The average molecular weight is 409 g/mol. The Labute approximate surface area is 178 Å². The number of likely N-dealkylation sites (N-methyl/N-ethyl adjacent to an activating group) is 1. The van der Waals surface area contributed by atoms with Crippen LogP contribution in [0, 0.1) is 0 Å². The van der Waals surface area contributed by atoms with Crippen molar-refractivity contribution in [3.8, 4) is 0 Å². The van der Waals surface area contributed by atoms with Crippen molar-refractivity contribution >= 4 is 12.0 Å². The molecular weight excluding hydrogens is 364 g/mol. The van der Waals surface area contributed by atoms with Crippen molar-refractivity contribution in [1.82, 2.24) is 10.6 Å². The Morgan fingerprint density at radius 3 is 1.90 bits per heavy atom. The lowest BCUT2D eigenvalue weighted by molar-refractivity contribution is -0.123. The maximum Gasteiger partial charge on any atom is 0.407 e. The topological polar surface area (TPSA) is 67.4 Å². The van der Waals surface area contributed by atoms with Crippen LogP contribution in [0.3, 0.4) is 0 Å². The van der Waals surface area contributed by atoms with E-state index in [9.17, 15) is 9.59 Å². The molecule has 0 unspecified atom stereocenters. The molecule has 0 rings (SSSR count). The van der Waals surface area contributed by atoms with Gasteiger partial charge in [-0.3, -0.25) is 4.79 Å². The normalized spacial score (nSPS) is 11.2. The van der Waals surface area contributed by atoms with Crippen LogP contribution in [0.2, 0.25) is 0 Å². The third-order valence-electron chi connectivity index (χ3n) is 4.76. The van der Waals surface area contributed by atoms with Crippen LogP contribution < -0.4 is 10.6 Å². The van der Waals surface area contributed by atoms with Gasteiger partial charge in [0.15, 0.2) is 6.61 Å². The number of alkyl carbamates (subject to hydrolysis) is 1. The molecule has 168 valence electrons. The third kappa shape index (κ3) is 22.4. The highest BCUT2D eigenvalue weighted by molar-refractivity contribution is 5.79. The third-order valence-corrected chi connectivity index (χ3v) is 4.76. The second-order valence-electron chi connectivity index (χ2n) is 7.47. The SMILES string of the molecule is CCCCC/C=C/C/C=C/CCCCCCCCCCNC(=O)OCC(=O)NC. The van der Waals surface area contributed by atoms with Crippen LogP contribution in [-0.4, -0.2) is 32.2 Å². The minimum Gasteiger partial charge on any atom is -0.439 e. The maximum absolute atomic E-state index is 11.3. The first-order chi connectivity index (χ1) is 14.2. The highest BCUT2D eigenvalue weighted by Crippen LogP contribution is 2.10. The van der Waals surface area contributed by atoms with Crippen molar-refractivity contribution in [1.29, 1.82) is 0 Å². The Morgan fingerprint density at radius 2 is 1.31 bits per heavy atom. The molecular formula is C24H44N2O3. The van der Waals surface area contributed by atoms with Crippen LogP contribution in [0.25, 0.3) is 0 Å². The first-order valence-electron chi connectivity index (χ1n) is 11.6. The molecule has 0 radical (unpaired) electrons. The van der Waals surface area contributed by atoms with Gasteiger partial charge in [-0.1, -0.05) is 82.6 Å². The molecule has 0 saturated carbocycles. The Bertz CT molecular complexity index is 447. The molecule has 29 heavy (non-hydrogen) atoms. The first-order valence-corrected chi connectivity index (χ1v) is 11.6. The van der Waals surface area contributed by atoms with Crippen molar-refractivity contribution in [2.24, 2.45) is 0 Å². The number of hydrogen-bond donors (Lipinski definition) is 2. The largest absolute Gasteiger partial charge is 0.439 e. The summed E-state index contributed by atoms with van der Waals surface area (Å²) in [6, 6.07) is 0. The van der Waals surface area contributed by atoms with E-state index < -0.39 is 6.09 Å².